The molecule has 0 aliphatic heterocycles. The Morgan fingerprint density at radius 1 is 1.30 bits per heavy atom. The van der Waals surface area contributed by atoms with Gasteiger partial charge in [0.2, 0.25) is 0 Å². The second-order valence-corrected chi connectivity index (χ2v) is 2.81. The summed E-state index contributed by atoms with van der Waals surface area (Å²) in [6.07, 6.45) is 10.4. The van der Waals surface area contributed by atoms with Crippen LogP contribution in [0.4, 0.5) is 0 Å². The third-order valence-corrected chi connectivity index (χ3v) is 1.29. The third kappa shape index (κ3) is 7.48. The fraction of sp³-hybridized carbons (Fsp3) is 0.600. The standard InChI is InChI=1S/C10H18/c1-4-5-6-7-8-9-10(2)3/h7-9H,4-6H2,1-3H3. The van der Waals surface area contributed by atoms with Crippen LogP contribution in [0.15, 0.2) is 23.8 Å². The molecule has 0 saturated heterocycles. The number of hydrogen-bond acceptors (Lipinski definition) is 0. The molecule has 0 N–H and O–H groups in total. The van der Waals surface area contributed by atoms with Crippen molar-refractivity contribution in [3.63, 3.8) is 0 Å². The molecular formula is C10H18. The van der Waals surface area contributed by atoms with Crippen LogP contribution in [0.25, 0.3) is 0 Å². The van der Waals surface area contributed by atoms with Gasteiger partial charge in [0, 0.05) is 0 Å². The van der Waals surface area contributed by atoms with Crippen molar-refractivity contribution in [2.24, 2.45) is 0 Å². The zero-order valence-corrected chi connectivity index (χ0v) is 7.35. The van der Waals surface area contributed by atoms with Crippen molar-refractivity contribution >= 4 is 0 Å². The molecule has 0 saturated carbocycles. The first-order valence-electron chi connectivity index (χ1n) is 4.07. The van der Waals surface area contributed by atoms with Crippen LogP contribution in [0.2, 0.25) is 0 Å². The predicted octanol–water partition coefficient (Wildman–Crippen LogP) is 3.70. The molecule has 0 unspecified atom stereocenters. The molecular weight excluding hydrogens is 120 g/mol. The Bertz CT molecular complexity index is 114. The zero-order valence-electron chi connectivity index (χ0n) is 7.35. The maximum absolute atomic E-state index is 2.23. The van der Waals surface area contributed by atoms with Gasteiger partial charge in [0.25, 0.3) is 0 Å². The SMILES string of the molecule is CCCCC=CC=C(C)C. The number of unbranched alkanes of at least 4 members (excludes halogenated alkanes) is 2. The Morgan fingerprint density at radius 3 is 2.50 bits per heavy atom. The topological polar surface area (TPSA) is 0 Å². The quantitative estimate of drug-likeness (QED) is 0.410. The lowest BCUT2D eigenvalue weighted by Crippen LogP contribution is -1.66. The monoisotopic (exact) mass is 138 g/mol. The van der Waals surface area contributed by atoms with Crippen molar-refractivity contribution in [2.45, 2.75) is 40.0 Å². The van der Waals surface area contributed by atoms with Crippen LogP contribution in [0.1, 0.15) is 40.0 Å². The van der Waals surface area contributed by atoms with E-state index in [1.165, 1.54) is 24.8 Å². The molecule has 0 amide bonds. The highest BCUT2D eigenvalue weighted by Crippen LogP contribution is 1.96. The van der Waals surface area contributed by atoms with E-state index in [1.807, 2.05) is 0 Å². The smallest absolute Gasteiger partial charge is 0.0348 e. The Hall–Kier alpha value is -0.520. The van der Waals surface area contributed by atoms with Crippen molar-refractivity contribution < 1.29 is 0 Å². The lowest BCUT2D eigenvalue weighted by molar-refractivity contribution is 0.815. The van der Waals surface area contributed by atoms with Crippen LogP contribution < -0.4 is 0 Å². The van der Waals surface area contributed by atoms with Gasteiger partial charge in [-0.1, -0.05) is 43.6 Å². The van der Waals surface area contributed by atoms with Crippen molar-refractivity contribution in [1.29, 1.82) is 0 Å². The average Bonchev–Trinajstić information content (AvgIpc) is 1.87. The maximum atomic E-state index is 2.23. The summed E-state index contributed by atoms with van der Waals surface area (Å²) < 4.78 is 0. The van der Waals surface area contributed by atoms with Crippen LogP contribution >= 0.6 is 0 Å². The molecule has 10 heavy (non-hydrogen) atoms. The van der Waals surface area contributed by atoms with Gasteiger partial charge < -0.3 is 0 Å². The summed E-state index contributed by atoms with van der Waals surface area (Å²) in [4.78, 5) is 0. The van der Waals surface area contributed by atoms with Gasteiger partial charge in [-0.25, -0.2) is 0 Å². The summed E-state index contributed by atoms with van der Waals surface area (Å²) in [5, 5.41) is 0. The van der Waals surface area contributed by atoms with Gasteiger partial charge in [-0.05, 0) is 20.3 Å². The van der Waals surface area contributed by atoms with E-state index in [-0.39, 0.29) is 0 Å². The highest BCUT2D eigenvalue weighted by molar-refractivity contribution is 5.07. The molecule has 0 spiro atoms. The molecule has 0 fully saturated rings. The molecule has 0 aromatic carbocycles. The molecule has 0 radical (unpaired) electrons. The molecule has 0 aromatic rings. The summed E-state index contributed by atoms with van der Waals surface area (Å²) in [6, 6.07) is 0. The van der Waals surface area contributed by atoms with Gasteiger partial charge in [-0.3, -0.25) is 0 Å². The van der Waals surface area contributed by atoms with Gasteiger partial charge in [0.1, 0.15) is 0 Å². The van der Waals surface area contributed by atoms with E-state index in [1.54, 1.807) is 0 Å². The fourth-order valence-corrected chi connectivity index (χ4v) is 0.679. The minimum atomic E-state index is 1.22. The second kappa shape index (κ2) is 6.60. The minimum absolute atomic E-state index is 1.22. The molecule has 0 aromatic heterocycles. The highest BCUT2D eigenvalue weighted by atomic mass is 13.8. The molecule has 0 heteroatoms. The number of rotatable bonds is 4. The summed E-state index contributed by atoms with van der Waals surface area (Å²) in [5.41, 5.74) is 1.37. The van der Waals surface area contributed by atoms with Crippen LogP contribution in [-0.4, -0.2) is 0 Å². The third-order valence-electron chi connectivity index (χ3n) is 1.29. The molecule has 0 aliphatic rings. The Kier molecular flexibility index (Phi) is 6.25. The first-order valence-corrected chi connectivity index (χ1v) is 4.07. The van der Waals surface area contributed by atoms with E-state index in [2.05, 4.69) is 39.0 Å². The molecule has 58 valence electrons. The van der Waals surface area contributed by atoms with Gasteiger partial charge in [0.15, 0.2) is 0 Å². The minimum Gasteiger partial charge on any atom is -0.0845 e. The summed E-state index contributed by atoms with van der Waals surface area (Å²) >= 11 is 0. The summed E-state index contributed by atoms with van der Waals surface area (Å²) in [7, 11) is 0. The van der Waals surface area contributed by atoms with Crippen LogP contribution in [0, 0.1) is 0 Å². The van der Waals surface area contributed by atoms with Crippen molar-refractivity contribution in [1.82, 2.24) is 0 Å². The molecule has 0 heterocycles. The van der Waals surface area contributed by atoms with E-state index in [0.717, 1.165) is 0 Å². The summed E-state index contributed by atoms with van der Waals surface area (Å²) in [5.74, 6) is 0. The normalized spacial score (nSPS) is 10.3. The van der Waals surface area contributed by atoms with Gasteiger partial charge in [-0.2, -0.15) is 0 Å². The molecule has 0 atom stereocenters. The van der Waals surface area contributed by atoms with E-state index in [4.69, 9.17) is 0 Å². The maximum Gasteiger partial charge on any atom is -0.0348 e. The summed E-state index contributed by atoms with van der Waals surface area (Å²) in [6.45, 7) is 6.45. The lowest BCUT2D eigenvalue weighted by atomic mass is 10.2. The number of allylic oxidation sites excluding steroid dienone is 4. The predicted molar refractivity (Wildman–Crippen MR) is 48.1 cm³/mol. The van der Waals surface area contributed by atoms with E-state index >= 15 is 0 Å². The zero-order chi connectivity index (χ0) is 7.82. The Morgan fingerprint density at radius 2 is 2.00 bits per heavy atom. The van der Waals surface area contributed by atoms with Crippen molar-refractivity contribution in [3.8, 4) is 0 Å². The van der Waals surface area contributed by atoms with Crippen LogP contribution in [0.5, 0.6) is 0 Å². The molecule has 0 nitrogen and oxygen atoms in total. The Labute approximate surface area is 64.6 Å². The molecule has 0 aliphatic carbocycles. The van der Waals surface area contributed by atoms with Crippen molar-refractivity contribution in [3.05, 3.63) is 23.8 Å². The largest absolute Gasteiger partial charge is 0.0845 e. The van der Waals surface area contributed by atoms with Crippen LogP contribution in [-0.2, 0) is 0 Å². The van der Waals surface area contributed by atoms with E-state index in [9.17, 15) is 0 Å². The second-order valence-electron chi connectivity index (χ2n) is 2.81. The van der Waals surface area contributed by atoms with Crippen LogP contribution in [0.3, 0.4) is 0 Å². The fourth-order valence-electron chi connectivity index (χ4n) is 0.679. The van der Waals surface area contributed by atoms with E-state index in [0.29, 0.717) is 0 Å². The first-order chi connectivity index (χ1) is 4.77. The number of hydrogen-bond donors (Lipinski definition) is 0. The molecule has 0 bridgehead atoms. The van der Waals surface area contributed by atoms with E-state index < -0.39 is 0 Å². The van der Waals surface area contributed by atoms with Crippen molar-refractivity contribution in [2.75, 3.05) is 0 Å². The highest BCUT2D eigenvalue weighted by Gasteiger charge is 1.75. The first kappa shape index (κ1) is 9.48. The lowest BCUT2D eigenvalue weighted by Gasteiger charge is -1.86. The average molecular weight is 138 g/mol. The molecule has 0 rings (SSSR count). The Balaban J connectivity index is 3.29. The van der Waals surface area contributed by atoms with Gasteiger partial charge in [-0.15, -0.1) is 0 Å². The van der Waals surface area contributed by atoms with Gasteiger partial charge in [0.05, 0.1) is 0 Å². The van der Waals surface area contributed by atoms with Gasteiger partial charge >= 0.3 is 0 Å².